The number of carboxylic acids is 1. The fraction of sp³-hybridized carbons (Fsp3) is 0.556. The molecular formula is C18H25NO3. The number of carboxylic acid groups (broad SMARTS) is 1. The molecule has 2 rings (SSSR count). The molecule has 0 spiro atoms. The van der Waals surface area contributed by atoms with Gasteiger partial charge in [0.25, 0.3) is 0 Å². The predicted octanol–water partition coefficient (Wildman–Crippen LogP) is 3.09. The van der Waals surface area contributed by atoms with Crippen LogP contribution in [0.25, 0.3) is 0 Å². The van der Waals surface area contributed by atoms with Crippen LogP contribution in [-0.2, 0) is 16.0 Å². The number of carbonyl (C=O) groups excluding carboxylic acids is 1. The highest BCUT2D eigenvalue weighted by Gasteiger charge is 2.27. The molecule has 1 N–H and O–H groups in total. The highest BCUT2D eigenvalue weighted by atomic mass is 16.4. The van der Waals surface area contributed by atoms with Crippen LogP contribution in [0, 0.1) is 13.8 Å². The second kappa shape index (κ2) is 7.43. The van der Waals surface area contributed by atoms with Crippen LogP contribution in [0.15, 0.2) is 18.2 Å². The summed E-state index contributed by atoms with van der Waals surface area (Å²) in [5.41, 5.74) is 3.38. The van der Waals surface area contributed by atoms with Gasteiger partial charge >= 0.3 is 5.97 Å². The second-order valence-electron chi connectivity index (χ2n) is 6.28. The van der Waals surface area contributed by atoms with E-state index in [-0.39, 0.29) is 18.4 Å². The summed E-state index contributed by atoms with van der Waals surface area (Å²) in [7, 11) is 0. The summed E-state index contributed by atoms with van der Waals surface area (Å²) in [6.07, 6.45) is 4.13. The molecule has 120 valence electrons. The summed E-state index contributed by atoms with van der Waals surface area (Å²) in [6, 6.07) is 6.27. The predicted molar refractivity (Wildman–Crippen MR) is 85.8 cm³/mol. The molecule has 0 bridgehead atoms. The number of amides is 1. The Morgan fingerprint density at radius 1 is 1.27 bits per heavy atom. The van der Waals surface area contributed by atoms with Crippen LogP contribution in [0.3, 0.4) is 0 Å². The third-order valence-corrected chi connectivity index (χ3v) is 4.49. The molecule has 1 aromatic rings. The Kier molecular flexibility index (Phi) is 5.58. The molecule has 1 aliphatic rings. The summed E-state index contributed by atoms with van der Waals surface area (Å²) >= 11 is 0. The van der Waals surface area contributed by atoms with Crippen LogP contribution >= 0.6 is 0 Å². The van der Waals surface area contributed by atoms with Crippen molar-refractivity contribution < 1.29 is 14.7 Å². The number of rotatable bonds is 5. The molecule has 1 amide bonds. The lowest BCUT2D eigenvalue weighted by molar-refractivity contribution is -0.139. The van der Waals surface area contributed by atoms with Crippen molar-refractivity contribution >= 4 is 11.9 Å². The molecule has 4 heteroatoms. The number of benzene rings is 1. The van der Waals surface area contributed by atoms with Crippen LogP contribution < -0.4 is 0 Å². The molecule has 1 saturated heterocycles. The van der Waals surface area contributed by atoms with Crippen molar-refractivity contribution in [2.45, 2.75) is 58.4 Å². The molecule has 0 aromatic heterocycles. The van der Waals surface area contributed by atoms with E-state index in [0.29, 0.717) is 12.8 Å². The average Bonchev–Trinajstić information content (AvgIpc) is 2.49. The smallest absolute Gasteiger partial charge is 0.303 e. The number of nitrogens with zero attached hydrogens (tertiary/aromatic N) is 1. The van der Waals surface area contributed by atoms with Gasteiger partial charge in [-0.25, -0.2) is 0 Å². The maximum absolute atomic E-state index is 12.7. The highest BCUT2D eigenvalue weighted by molar-refractivity contribution is 5.79. The van der Waals surface area contributed by atoms with Gasteiger partial charge in [-0.1, -0.05) is 23.8 Å². The van der Waals surface area contributed by atoms with Gasteiger partial charge in [0, 0.05) is 19.0 Å². The van der Waals surface area contributed by atoms with Crippen molar-refractivity contribution in [1.29, 1.82) is 0 Å². The summed E-state index contributed by atoms with van der Waals surface area (Å²) in [4.78, 5) is 25.4. The zero-order chi connectivity index (χ0) is 16.1. The van der Waals surface area contributed by atoms with E-state index in [2.05, 4.69) is 18.2 Å². The standard InChI is InChI=1S/C18H25NO3/c1-13-6-7-14(2)15(11-13)12-17(20)19-10-4-3-5-16(19)8-9-18(21)22/h6-7,11,16H,3-5,8-10,12H2,1-2H3,(H,21,22)/t16-/m0/s1. The minimum absolute atomic E-state index is 0.0856. The maximum Gasteiger partial charge on any atom is 0.303 e. The van der Waals surface area contributed by atoms with E-state index in [0.717, 1.165) is 42.5 Å². The van der Waals surface area contributed by atoms with Crippen molar-refractivity contribution in [1.82, 2.24) is 4.90 Å². The van der Waals surface area contributed by atoms with Crippen molar-refractivity contribution in [2.75, 3.05) is 6.54 Å². The Bertz CT molecular complexity index is 553. The van der Waals surface area contributed by atoms with Gasteiger partial charge in [0.05, 0.1) is 6.42 Å². The zero-order valence-electron chi connectivity index (χ0n) is 13.5. The topological polar surface area (TPSA) is 57.6 Å². The molecule has 0 aliphatic carbocycles. The maximum atomic E-state index is 12.7. The number of hydrogen-bond donors (Lipinski definition) is 1. The normalized spacial score (nSPS) is 18.3. The molecule has 1 aliphatic heterocycles. The molecule has 0 unspecified atom stereocenters. The summed E-state index contributed by atoms with van der Waals surface area (Å²) in [5, 5.41) is 8.87. The Hall–Kier alpha value is -1.84. The van der Waals surface area contributed by atoms with E-state index in [1.54, 1.807) is 0 Å². The Morgan fingerprint density at radius 2 is 2.05 bits per heavy atom. The molecule has 1 heterocycles. The van der Waals surface area contributed by atoms with Crippen molar-refractivity contribution in [3.8, 4) is 0 Å². The van der Waals surface area contributed by atoms with Crippen LogP contribution in [0.5, 0.6) is 0 Å². The fourth-order valence-corrected chi connectivity index (χ4v) is 3.17. The lowest BCUT2D eigenvalue weighted by Gasteiger charge is -2.36. The van der Waals surface area contributed by atoms with Gasteiger partial charge in [0.2, 0.25) is 5.91 Å². The first-order valence-electron chi connectivity index (χ1n) is 8.05. The minimum Gasteiger partial charge on any atom is -0.481 e. The monoisotopic (exact) mass is 303 g/mol. The molecule has 0 radical (unpaired) electrons. The molecule has 1 fully saturated rings. The first-order valence-corrected chi connectivity index (χ1v) is 8.05. The minimum atomic E-state index is -0.785. The quantitative estimate of drug-likeness (QED) is 0.909. The number of carbonyl (C=O) groups is 2. The third-order valence-electron chi connectivity index (χ3n) is 4.49. The molecule has 4 nitrogen and oxygen atoms in total. The lowest BCUT2D eigenvalue weighted by atomic mass is 9.96. The van der Waals surface area contributed by atoms with E-state index in [9.17, 15) is 9.59 Å². The van der Waals surface area contributed by atoms with Gasteiger partial charge < -0.3 is 10.0 Å². The van der Waals surface area contributed by atoms with Gasteiger partial charge in [0.15, 0.2) is 0 Å². The zero-order valence-corrected chi connectivity index (χ0v) is 13.5. The Labute approximate surface area is 132 Å². The van der Waals surface area contributed by atoms with Crippen molar-refractivity contribution in [2.24, 2.45) is 0 Å². The van der Waals surface area contributed by atoms with E-state index in [1.165, 1.54) is 0 Å². The van der Waals surface area contributed by atoms with Gasteiger partial charge in [-0.2, -0.15) is 0 Å². The highest BCUT2D eigenvalue weighted by Crippen LogP contribution is 2.22. The molecule has 0 saturated carbocycles. The summed E-state index contributed by atoms with van der Waals surface area (Å²) in [5.74, 6) is -0.656. The van der Waals surface area contributed by atoms with Crippen LogP contribution in [0.2, 0.25) is 0 Å². The Balaban J connectivity index is 2.05. The Morgan fingerprint density at radius 3 is 2.77 bits per heavy atom. The lowest BCUT2D eigenvalue weighted by Crippen LogP contribution is -2.44. The number of aliphatic carboxylic acids is 1. The van der Waals surface area contributed by atoms with E-state index >= 15 is 0 Å². The molecule has 22 heavy (non-hydrogen) atoms. The molecular weight excluding hydrogens is 278 g/mol. The molecule has 1 aromatic carbocycles. The fourth-order valence-electron chi connectivity index (χ4n) is 3.17. The first-order chi connectivity index (χ1) is 10.5. The second-order valence-corrected chi connectivity index (χ2v) is 6.28. The number of likely N-dealkylation sites (tertiary alicyclic amines) is 1. The van der Waals surface area contributed by atoms with E-state index < -0.39 is 5.97 Å². The first kappa shape index (κ1) is 16.5. The largest absolute Gasteiger partial charge is 0.481 e. The number of piperidine rings is 1. The van der Waals surface area contributed by atoms with Gasteiger partial charge in [0.1, 0.15) is 0 Å². The van der Waals surface area contributed by atoms with Crippen molar-refractivity contribution in [3.05, 3.63) is 34.9 Å². The van der Waals surface area contributed by atoms with Gasteiger partial charge in [-0.15, -0.1) is 0 Å². The van der Waals surface area contributed by atoms with Gasteiger partial charge in [-0.3, -0.25) is 9.59 Å². The summed E-state index contributed by atoms with van der Waals surface area (Å²) in [6.45, 7) is 4.82. The molecule has 1 atom stereocenters. The third kappa shape index (κ3) is 4.33. The number of hydrogen-bond acceptors (Lipinski definition) is 2. The van der Waals surface area contributed by atoms with Gasteiger partial charge in [-0.05, 0) is 50.7 Å². The van der Waals surface area contributed by atoms with Crippen LogP contribution in [0.1, 0.15) is 48.8 Å². The average molecular weight is 303 g/mol. The van der Waals surface area contributed by atoms with E-state index in [1.807, 2.05) is 18.7 Å². The van der Waals surface area contributed by atoms with E-state index in [4.69, 9.17) is 5.11 Å². The van der Waals surface area contributed by atoms with Crippen molar-refractivity contribution in [3.63, 3.8) is 0 Å². The number of aryl methyl sites for hydroxylation is 2. The summed E-state index contributed by atoms with van der Waals surface area (Å²) < 4.78 is 0. The van der Waals surface area contributed by atoms with Crippen LogP contribution in [0.4, 0.5) is 0 Å². The van der Waals surface area contributed by atoms with Crippen LogP contribution in [-0.4, -0.2) is 34.5 Å². The SMILES string of the molecule is Cc1ccc(C)c(CC(=O)N2CCCC[C@H]2CCC(=O)O)c1.